The molecule has 2 fully saturated rings. The Morgan fingerprint density at radius 3 is 2.95 bits per heavy atom. The van der Waals surface area contributed by atoms with Crippen molar-refractivity contribution in [3.63, 3.8) is 0 Å². The standard InChI is InChI=1S/C17H27N3OS/c1-18(2)12-14-9-13-11-20(7-6-16(13)19(14)3)17(21)10-15-5-4-8-22-15/h4-5,8,13-14,16H,6-7,9-12H2,1-3H3/t13-,14+,16+/m1/s1. The number of carbonyl (C=O) groups is 1. The van der Waals surface area contributed by atoms with E-state index in [1.165, 1.54) is 11.3 Å². The molecule has 0 aliphatic carbocycles. The van der Waals surface area contributed by atoms with Crippen LogP contribution in [0.2, 0.25) is 0 Å². The SMILES string of the molecule is CN(C)C[C@@H]1C[C@@H]2CN(C(=O)Cc3cccs3)CC[C@@H]2N1C. The van der Waals surface area contributed by atoms with Gasteiger partial charge in [0.25, 0.3) is 0 Å². The van der Waals surface area contributed by atoms with Gasteiger partial charge < -0.3 is 9.80 Å². The maximum absolute atomic E-state index is 12.5. The van der Waals surface area contributed by atoms with Gasteiger partial charge in [0.05, 0.1) is 6.42 Å². The van der Waals surface area contributed by atoms with Crippen molar-refractivity contribution in [1.29, 1.82) is 0 Å². The summed E-state index contributed by atoms with van der Waals surface area (Å²) in [6.45, 7) is 2.99. The monoisotopic (exact) mass is 321 g/mol. The number of likely N-dealkylation sites (N-methyl/N-ethyl adjacent to an activating group) is 2. The van der Waals surface area contributed by atoms with Gasteiger partial charge in [0.15, 0.2) is 0 Å². The summed E-state index contributed by atoms with van der Waals surface area (Å²) in [5.41, 5.74) is 0. The Hall–Kier alpha value is -0.910. The van der Waals surface area contributed by atoms with E-state index >= 15 is 0 Å². The summed E-state index contributed by atoms with van der Waals surface area (Å²) in [6.07, 6.45) is 2.93. The normalized spacial score (nSPS) is 29.1. The summed E-state index contributed by atoms with van der Waals surface area (Å²) in [5.74, 6) is 0.954. The lowest BCUT2D eigenvalue weighted by atomic mass is 9.92. The molecule has 0 bridgehead atoms. The van der Waals surface area contributed by atoms with Gasteiger partial charge in [0.2, 0.25) is 5.91 Å². The molecule has 2 aliphatic rings. The topological polar surface area (TPSA) is 26.8 Å². The fourth-order valence-corrected chi connectivity index (χ4v) is 4.80. The van der Waals surface area contributed by atoms with Crippen molar-refractivity contribution < 1.29 is 4.79 Å². The molecule has 22 heavy (non-hydrogen) atoms. The van der Waals surface area contributed by atoms with Crippen LogP contribution in [0.1, 0.15) is 17.7 Å². The van der Waals surface area contributed by atoms with E-state index in [-0.39, 0.29) is 0 Å². The molecular weight excluding hydrogens is 294 g/mol. The van der Waals surface area contributed by atoms with Crippen LogP contribution < -0.4 is 0 Å². The number of nitrogens with zero attached hydrogens (tertiary/aromatic N) is 3. The van der Waals surface area contributed by atoms with Gasteiger partial charge >= 0.3 is 0 Å². The molecule has 3 heterocycles. The molecule has 1 aromatic rings. The van der Waals surface area contributed by atoms with Crippen LogP contribution in [-0.2, 0) is 11.2 Å². The fourth-order valence-electron chi connectivity index (χ4n) is 4.10. The van der Waals surface area contributed by atoms with Crippen molar-refractivity contribution in [1.82, 2.24) is 14.7 Å². The summed E-state index contributed by atoms with van der Waals surface area (Å²) in [6, 6.07) is 5.39. The second-order valence-corrected chi connectivity index (χ2v) is 8.06. The summed E-state index contributed by atoms with van der Waals surface area (Å²) in [5, 5.41) is 2.05. The maximum Gasteiger partial charge on any atom is 0.227 e. The average Bonchev–Trinajstić information content (AvgIpc) is 3.07. The van der Waals surface area contributed by atoms with E-state index < -0.39 is 0 Å². The first-order valence-electron chi connectivity index (χ1n) is 8.21. The number of hydrogen-bond donors (Lipinski definition) is 0. The Labute approximate surface area is 137 Å². The number of fused-ring (bicyclic) bond motifs is 1. The number of rotatable bonds is 4. The molecule has 0 N–H and O–H groups in total. The lowest BCUT2D eigenvalue weighted by Crippen LogP contribution is -2.48. The quantitative estimate of drug-likeness (QED) is 0.846. The number of thiophene rings is 1. The summed E-state index contributed by atoms with van der Waals surface area (Å²) in [7, 11) is 6.56. The van der Waals surface area contributed by atoms with Gasteiger partial charge in [0, 0.05) is 36.6 Å². The molecule has 0 unspecified atom stereocenters. The van der Waals surface area contributed by atoms with Crippen molar-refractivity contribution in [2.24, 2.45) is 5.92 Å². The molecule has 4 nitrogen and oxygen atoms in total. The molecular formula is C17H27N3OS. The van der Waals surface area contributed by atoms with Crippen molar-refractivity contribution >= 4 is 17.2 Å². The van der Waals surface area contributed by atoms with Crippen LogP contribution in [0, 0.1) is 5.92 Å². The van der Waals surface area contributed by atoms with Crippen LogP contribution in [0.3, 0.4) is 0 Å². The first kappa shape index (κ1) is 16.0. The minimum absolute atomic E-state index is 0.305. The number of likely N-dealkylation sites (tertiary alicyclic amines) is 2. The van der Waals surface area contributed by atoms with Gasteiger partial charge in [-0.25, -0.2) is 0 Å². The summed E-state index contributed by atoms with van der Waals surface area (Å²) < 4.78 is 0. The smallest absolute Gasteiger partial charge is 0.227 e. The summed E-state index contributed by atoms with van der Waals surface area (Å²) in [4.78, 5) is 20.6. The van der Waals surface area contributed by atoms with Gasteiger partial charge in [-0.15, -0.1) is 11.3 Å². The van der Waals surface area contributed by atoms with Crippen molar-refractivity contribution in [2.45, 2.75) is 31.3 Å². The number of carbonyl (C=O) groups excluding carboxylic acids is 1. The highest BCUT2D eigenvalue weighted by Crippen LogP contribution is 2.34. The Bertz CT molecular complexity index is 502. The van der Waals surface area contributed by atoms with E-state index in [4.69, 9.17) is 0 Å². The van der Waals surface area contributed by atoms with Gasteiger partial charge in [-0.1, -0.05) is 6.07 Å². The predicted molar refractivity (Wildman–Crippen MR) is 91.2 cm³/mol. The largest absolute Gasteiger partial charge is 0.342 e. The third-order valence-electron chi connectivity index (χ3n) is 5.20. The third kappa shape index (κ3) is 3.36. The molecule has 2 aliphatic heterocycles. The zero-order valence-electron chi connectivity index (χ0n) is 13.9. The molecule has 1 aromatic heterocycles. The minimum atomic E-state index is 0.305. The van der Waals surface area contributed by atoms with Crippen LogP contribution in [0.4, 0.5) is 0 Å². The molecule has 122 valence electrons. The lowest BCUT2D eigenvalue weighted by molar-refractivity contribution is -0.132. The first-order chi connectivity index (χ1) is 10.5. The average molecular weight is 321 g/mol. The summed E-state index contributed by atoms with van der Waals surface area (Å²) >= 11 is 1.68. The highest BCUT2D eigenvalue weighted by Gasteiger charge is 2.42. The van der Waals surface area contributed by atoms with E-state index in [0.29, 0.717) is 30.3 Å². The van der Waals surface area contributed by atoms with Crippen LogP contribution in [-0.4, -0.2) is 73.5 Å². The molecule has 0 spiro atoms. The maximum atomic E-state index is 12.5. The van der Waals surface area contributed by atoms with E-state index in [1.807, 2.05) is 11.4 Å². The first-order valence-corrected chi connectivity index (χ1v) is 9.09. The third-order valence-corrected chi connectivity index (χ3v) is 6.08. The fraction of sp³-hybridized carbons (Fsp3) is 0.706. The van der Waals surface area contributed by atoms with Crippen LogP contribution in [0.15, 0.2) is 17.5 Å². The van der Waals surface area contributed by atoms with Crippen molar-refractivity contribution in [2.75, 3.05) is 40.8 Å². The molecule has 0 saturated carbocycles. The zero-order valence-corrected chi connectivity index (χ0v) is 14.7. The van der Waals surface area contributed by atoms with Gasteiger partial charge in [-0.2, -0.15) is 0 Å². The number of amides is 1. The van der Waals surface area contributed by atoms with E-state index in [1.54, 1.807) is 11.3 Å². The zero-order chi connectivity index (χ0) is 15.7. The van der Waals surface area contributed by atoms with Gasteiger partial charge in [-0.3, -0.25) is 9.69 Å². The van der Waals surface area contributed by atoms with Crippen molar-refractivity contribution in [3.8, 4) is 0 Å². The Balaban J connectivity index is 1.58. The van der Waals surface area contributed by atoms with E-state index in [0.717, 1.165) is 26.1 Å². The molecule has 3 rings (SSSR count). The Morgan fingerprint density at radius 2 is 2.27 bits per heavy atom. The molecule has 5 heteroatoms. The lowest BCUT2D eigenvalue weighted by Gasteiger charge is -2.37. The van der Waals surface area contributed by atoms with Gasteiger partial charge in [0.1, 0.15) is 0 Å². The van der Waals surface area contributed by atoms with E-state index in [2.05, 4.69) is 41.9 Å². The Morgan fingerprint density at radius 1 is 1.45 bits per heavy atom. The van der Waals surface area contributed by atoms with Gasteiger partial charge in [-0.05, 0) is 51.3 Å². The van der Waals surface area contributed by atoms with E-state index in [9.17, 15) is 4.79 Å². The number of piperidine rings is 1. The molecule has 0 aromatic carbocycles. The molecule has 3 atom stereocenters. The highest BCUT2D eigenvalue weighted by molar-refractivity contribution is 7.10. The van der Waals surface area contributed by atoms with Crippen LogP contribution in [0.5, 0.6) is 0 Å². The van der Waals surface area contributed by atoms with Crippen LogP contribution in [0.25, 0.3) is 0 Å². The predicted octanol–water partition coefficient (Wildman–Crippen LogP) is 1.77. The minimum Gasteiger partial charge on any atom is -0.342 e. The van der Waals surface area contributed by atoms with Crippen molar-refractivity contribution in [3.05, 3.63) is 22.4 Å². The molecule has 2 saturated heterocycles. The highest BCUT2D eigenvalue weighted by atomic mass is 32.1. The second kappa shape index (κ2) is 6.69. The van der Waals surface area contributed by atoms with Crippen LogP contribution >= 0.6 is 11.3 Å². The number of hydrogen-bond acceptors (Lipinski definition) is 4. The molecule has 0 radical (unpaired) electrons. The Kier molecular flexibility index (Phi) is 4.85. The second-order valence-electron chi connectivity index (χ2n) is 7.03. The molecule has 1 amide bonds.